The highest BCUT2D eigenvalue weighted by Crippen LogP contribution is 2.43. The molecule has 17 heteroatoms. The normalized spacial score (nSPS) is 12.1. The Kier molecular flexibility index (Phi) is 7.05. The molecule has 0 spiro atoms. The Labute approximate surface area is 239 Å². The molecule has 0 saturated carbocycles. The van der Waals surface area contributed by atoms with Gasteiger partial charge < -0.3 is 11.1 Å². The molecule has 0 aliphatic carbocycles. The lowest BCUT2D eigenvalue weighted by atomic mass is 10.0. The summed E-state index contributed by atoms with van der Waals surface area (Å²) < 4.78 is 70.7. The fraction of sp³-hybridized carbons (Fsp3) is 0.250. The van der Waals surface area contributed by atoms with Crippen LogP contribution in [0.2, 0.25) is 0 Å². The second-order valence-electron chi connectivity index (χ2n) is 8.84. The third-order valence-electron chi connectivity index (χ3n) is 6.23. The number of pyridine rings is 1. The van der Waals surface area contributed by atoms with E-state index >= 15 is 0 Å². The zero-order valence-corrected chi connectivity index (χ0v) is 23.7. The molecule has 0 unspecified atom stereocenters. The van der Waals surface area contributed by atoms with Gasteiger partial charge in [0, 0.05) is 28.9 Å². The summed E-state index contributed by atoms with van der Waals surface area (Å²) >= 11 is 3.80. The van der Waals surface area contributed by atoms with E-state index in [1.807, 2.05) is 6.92 Å². The van der Waals surface area contributed by atoms with Crippen LogP contribution >= 0.6 is 27.3 Å². The van der Waals surface area contributed by atoms with E-state index in [-0.39, 0.29) is 42.2 Å². The van der Waals surface area contributed by atoms with Gasteiger partial charge >= 0.3 is 6.18 Å². The van der Waals surface area contributed by atoms with Gasteiger partial charge in [-0.1, -0.05) is 0 Å². The van der Waals surface area contributed by atoms with Gasteiger partial charge in [-0.15, -0.1) is 11.3 Å². The molecule has 0 atom stereocenters. The average Bonchev–Trinajstić information content (AvgIpc) is 3.55. The van der Waals surface area contributed by atoms with E-state index in [1.165, 1.54) is 13.1 Å². The van der Waals surface area contributed by atoms with E-state index in [2.05, 4.69) is 41.4 Å². The van der Waals surface area contributed by atoms with Crippen molar-refractivity contribution >= 4 is 60.6 Å². The van der Waals surface area contributed by atoms with Crippen LogP contribution in [0.4, 0.5) is 27.6 Å². The molecule has 5 aromatic heterocycles. The molecule has 5 aromatic rings. The van der Waals surface area contributed by atoms with Crippen LogP contribution in [0.25, 0.3) is 27.0 Å². The summed E-state index contributed by atoms with van der Waals surface area (Å²) in [5.74, 6) is -2.00. The standard InChI is InChI=1S/C24H18BrF5N8O2S/c1-4-37-9(3)11(7-32-37)10-6-12(19(26)27)34-23-14(10)16(18(41-23)20(31)39)35-22(40)17-15(25)21-33-8(2)5-13(24(28,29)30)38(21)36-17/h5-7,19H,4H2,1-3H3,(H2,31,39)(H,35,40). The summed E-state index contributed by atoms with van der Waals surface area (Å²) in [4.78, 5) is 33.7. The third kappa shape index (κ3) is 4.81. The number of amides is 2. The predicted octanol–water partition coefficient (Wildman–Crippen LogP) is 5.91. The van der Waals surface area contributed by atoms with E-state index in [4.69, 9.17) is 5.73 Å². The number of alkyl halides is 5. The Balaban J connectivity index is 1.73. The van der Waals surface area contributed by atoms with E-state index in [0.717, 1.165) is 12.1 Å². The minimum Gasteiger partial charge on any atom is -0.365 e. The number of carbonyl (C=O) groups is 2. The largest absolute Gasteiger partial charge is 0.433 e. The zero-order chi connectivity index (χ0) is 30.0. The van der Waals surface area contributed by atoms with Crippen molar-refractivity contribution in [3.05, 3.63) is 56.1 Å². The minimum atomic E-state index is -4.81. The molecule has 0 aromatic carbocycles. The van der Waals surface area contributed by atoms with Crippen molar-refractivity contribution in [1.29, 1.82) is 0 Å². The maximum atomic E-state index is 13.8. The van der Waals surface area contributed by atoms with Gasteiger partial charge in [0.05, 0.1) is 16.4 Å². The van der Waals surface area contributed by atoms with Crippen molar-refractivity contribution in [1.82, 2.24) is 29.4 Å². The fourth-order valence-corrected chi connectivity index (χ4v) is 5.93. The van der Waals surface area contributed by atoms with Crippen LogP contribution in [0.3, 0.4) is 0 Å². The first kappa shape index (κ1) is 28.5. The fourth-order valence-electron chi connectivity index (χ4n) is 4.40. The molecule has 0 fully saturated rings. The summed E-state index contributed by atoms with van der Waals surface area (Å²) in [6.07, 6.45) is -6.30. The maximum Gasteiger partial charge on any atom is 0.433 e. The number of nitrogens with zero attached hydrogens (tertiary/aromatic N) is 6. The first-order chi connectivity index (χ1) is 19.2. The molecular weight excluding hydrogens is 639 g/mol. The number of halogens is 6. The number of nitrogens with two attached hydrogens (primary N) is 1. The minimum absolute atomic E-state index is 0.0173. The number of anilines is 1. The van der Waals surface area contributed by atoms with Crippen molar-refractivity contribution in [3.63, 3.8) is 0 Å². The van der Waals surface area contributed by atoms with Crippen molar-refractivity contribution in [3.8, 4) is 11.1 Å². The van der Waals surface area contributed by atoms with Gasteiger partial charge in [-0.2, -0.15) is 23.4 Å². The van der Waals surface area contributed by atoms with Crippen LogP contribution in [-0.4, -0.2) is 41.2 Å². The molecule has 2 amide bonds. The number of fused-ring (bicyclic) bond motifs is 2. The van der Waals surface area contributed by atoms with E-state index in [9.17, 15) is 31.5 Å². The number of thiophene rings is 1. The van der Waals surface area contributed by atoms with Gasteiger partial charge in [0.2, 0.25) is 0 Å². The molecule has 0 saturated heterocycles. The van der Waals surface area contributed by atoms with Gasteiger partial charge in [-0.25, -0.2) is 23.3 Å². The molecule has 3 N–H and O–H groups in total. The zero-order valence-electron chi connectivity index (χ0n) is 21.3. The first-order valence-corrected chi connectivity index (χ1v) is 13.4. The van der Waals surface area contributed by atoms with Crippen LogP contribution in [0.5, 0.6) is 0 Å². The number of aryl methyl sites for hydroxylation is 2. The number of primary amides is 1. The van der Waals surface area contributed by atoms with Crippen LogP contribution in [0.15, 0.2) is 22.8 Å². The molecule has 10 nitrogen and oxygen atoms in total. The lowest BCUT2D eigenvalue weighted by molar-refractivity contribution is -0.142. The number of rotatable bonds is 6. The number of aromatic nitrogens is 6. The highest BCUT2D eigenvalue weighted by molar-refractivity contribution is 9.10. The second kappa shape index (κ2) is 10.1. The average molecular weight is 657 g/mol. The molecule has 0 radical (unpaired) electrons. The number of hydrogen-bond acceptors (Lipinski definition) is 7. The summed E-state index contributed by atoms with van der Waals surface area (Å²) in [6, 6.07) is 1.91. The van der Waals surface area contributed by atoms with Gasteiger partial charge in [-0.05, 0) is 54.4 Å². The molecule has 214 valence electrons. The number of nitrogens with one attached hydrogen (secondary N) is 1. The Hall–Kier alpha value is -3.99. The SMILES string of the molecule is CCn1ncc(-c2cc(C(F)F)nc3sc(C(N)=O)c(NC(=O)c4nn5c(C(F)(F)F)cc(C)nc5c4Br)c23)c1C. The Morgan fingerprint density at radius 2 is 1.88 bits per heavy atom. The van der Waals surface area contributed by atoms with Crippen molar-refractivity contribution in [2.24, 2.45) is 5.73 Å². The highest BCUT2D eigenvalue weighted by atomic mass is 79.9. The van der Waals surface area contributed by atoms with Gasteiger partial charge in [0.1, 0.15) is 21.1 Å². The molecule has 0 aliphatic heterocycles. The first-order valence-electron chi connectivity index (χ1n) is 11.7. The summed E-state index contributed by atoms with van der Waals surface area (Å²) in [5.41, 5.74) is 4.24. The summed E-state index contributed by atoms with van der Waals surface area (Å²) in [7, 11) is 0. The van der Waals surface area contributed by atoms with Gasteiger partial charge in [0.15, 0.2) is 11.3 Å². The number of carbonyl (C=O) groups excluding carboxylic acids is 2. The van der Waals surface area contributed by atoms with Crippen molar-refractivity contribution < 1.29 is 31.5 Å². The Bertz CT molecular complexity index is 1880. The molecule has 5 heterocycles. The highest BCUT2D eigenvalue weighted by Gasteiger charge is 2.36. The number of hydrogen-bond donors (Lipinski definition) is 2. The van der Waals surface area contributed by atoms with Crippen LogP contribution in [0, 0.1) is 13.8 Å². The molecule has 0 aliphatic rings. The maximum absolute atomic E-state index is 13.8. The quantitative estimate of drug-likeness (QED) is 0.218. The van der Waals surface area contributed by atoms with E-state index in [1.54, 1.807) is 11.6 Å². The molecular formula is C24H18BrF5N8O2S. The Morgan fingerprint density at radius 1 is 1.17 bits per heavy atom. The van der Waals surface area contributed by atoms with Gasteiger partial charge in [-0.3, -0.25) is 14.3 Å². The predicted molar refractivity (Wildman–Crippen MR) is 143 cm³/mol. The Morgan fingerprint density at radius 3 is 2.46 bits per heavy atom. The monoisotopic (exact) mass is 656 g/mol. The van der Waals surface area contributed by atoms with Crippen LogP contribution < -0.4 is 11.1 Å². The van der Waals surface area contributed by atoms with E-state index in [0.29, 0.717) is 33.7 Å². The molecule has 41 heavy (non-hydrogen) atoms. The lowest BCUT2D eigenvalue weighted by Gasteiger charge is -2.11. The van der Waals surface area contributed by atoms with Crippen molar-refractivity contribution in [2.75, 3.05) is 5.32 Å². The second-order valence-corrected chi connectivity index (χ2v) is 10.6. The summed E-state index contributed by atoms with van der Waals surface area (Å²) in [5, 5.41) is 10.7. The topological polar surface area (TPSA) is 133 Å². The van der Waals surface area contributed by atoms with E-state index < -0.39 is 41.5 Å². The van der Waals surface area contributed by atoms with Crippen molar-refractivity contribution in [2.45, 2.75) is 39.9 Å². The molecule has 0 bridgehead atoms. The smallest absolute Gasteiger partial charge is 0.365 e. The summed E-state index contributed by atoms with van der Waals surface area (Å²) in [6.45, 7) is 5.40. The van der Waals surface area contributed by atoms with Crippen LogP contribution in [-0.2, 0) is 12.7 Å². The third-order valence-corrected chi connectivity index (χ3v) is 8.06. The van der Waals surface area contributed by atoms with Crippen LogP contribution in [0.1, 0.15) is 56.3 Å². The van der Waals surface area contributed by atoms with Gasteiger partial charge in [0.25, 0.3) is 18.2 Å². The lowest BCUT2D eigenvalue weighted by Crippen LogP contribution is -2.18. The molecule has 5 rings (SSSR count).